The number of aliphatic hydroxyl groups excluding tert-OH is 1. The summed E-state index contributed by atoms with van der Waals surface area (Å²) in [5.41, 5.74) is 2.83. The Morgan fingerprint density at radius 3 is 2.86 bits per heavy atom. The van der Waals surface area contributed by atoms with Gasteiger partial charge in [0.2, 0.25) is 0 Å². The van der Waals surface area contributed by atoms with Crippen molar-refractivity contribution in [1.29, 1.82) is 0 Å². The maximum Gasteiger partial charge on any atom is 0.119 e. The van der Waals surface area contributed by atoms with Gasteiger partial charge in [0.05, 0.1) is 23.7 Å². The first-order valence-corrected chi connectivity index (χ1v) is 5.15. The second-order valence-electron chi connectivity index (χ2n) is 3.08. The largest absolute Gasteiger partial charge is 0.389 e. The Morgan fingerprint density at radius 2 is 2.36 bits per heavy atom. The average molecular weight is 209 g/mol. The van der Waals surface area contributed by atoms with E-state index in [-0.39, 0.29) is 6.61 Å². The Morgan fingerprint density at radius 1 is 1.57 bits per heavy atom. The van der Waals surface area contributed by atoms with Gasteiger partial charge in [-0.05, 0) is 13.0 Å². The van der Waals surface area contributed by atoms with Crippen molar-refractivity contribution in [2.24, 2.45) is 7.05 Å². The molecule has 0 fully saturated rings. The summed E-state index contributed by atoms with van der Waals surface area (Å²) in [6, 6.07) is 1.98. The van der Waals surface area contributed by atoms with Crippen LogP contribution in [0.3, 0.4) is 0 Å². The lowest BCUT2D eigenvalue weighted by atomic mass is 10.3. The second-order valence-corrected chi connectivity index (χ2v) is 4.02. The Bertz CT molecular complexity index is 447. The first-order valence-electron chi connectivity index (χ1n) is 4.27. The molecule has 0 aliphatic heterocycles. The van der Waals surface area contributed by atoms with Crippen LogP contribution in [0.4, 0.5) is 0 Å². The molecule has 2 aromatic heterocycles. The van der Waals surface area contributed by atoms with Crippen molar-refractivity contribution in [3.63, 3.8) is 0 Å². The quantitative estimate of drug-likeness (QED) is 0.812. The minimum atomic E-state index is 0.00149. The number of hydrogen-bond donors (Lipinski definition) is 1. The van der Waals surface area contributed by atoms with Crippen molar-refractivity contribution in [3.8, 4) is 11.4 Å². The third-order valence-electron chi connectivity index (χ3n) is 1.95. The van der Waals surface area contributed by atoms with Crippen LogP contribution in [0.5, 0.6) is 0 Å². The van der Waals surface area contributed by atoms with E-state index in [1.54, 1.807) is 4.68 Å². The molecule has 5 heteroatoms. The fourth-order valence-electron chi connectivity index (χ4n) is 1.35. The molecule has 0 spiro atoms. The number of aromatic nitrogens is 3. The molecular formula is C9H11N3OS. The van der Waals surface area contributed by atoms with Crippen LogP contribution in [0.1, 0.15) is 10.7 Å². The maximum absolute atomic E-state index is 8.90. The van der Waals surface area contributed by atoms with Crippen LogP contribution in [0.25, 0.3) is 11.4 Å². The Balaban J connectivity index is 2.43. The molecule has 0 unspecified atom stereocenters. The first-order chi connectivity index (χ1) is 6.70. The molecule has 0 radical (unpaired) electrons. The Labute approximate surface area is 85.8 Å². The van der Waals surface area contributed by atoms with Gasteiger partial charge in [0.15, 0.2) is 0 Å². The van der Waals surface area contributed by atoms with Gasteiger partial charge in [-0.25, -0.2) is 4.98 Å². The normalized spacial score (nSPS) is 10.8. The van der Waals surface area contributed by atoms with E-state index in [4.69, 9.17) is 5.11 Å². The molecule has 0 aliphatic rings. The maximum atomic E-state index is 8.90. The SMILES string of the molecule is Cc1cc(-c2csc(CO)n2)n(C)n1. The standard InChI is InChI=1S/C9H11N3OS/c1-6-3-8(12(2)11-6)7-5-14-9(4-13)10-7/h3,5,13H,4H2,1-2H3. The highest BCUT2D eigenvalue weighted by molar-refractivity contribution is 7.09. The molecule has 0 saturated heterocycles. The summed E-state index contributed by atoms with van der Waals surface area (Å²) in [5, 5.41) is 15.8. The van der Waals surface area contributed by atoms with Gasteiger partial charge < -0.3 is 5.11 Å². The van der Waals surface area contributed by atoms with Crippen LogP contribution in [0, 0.1) is 6.92 Å². The van der Waals surface area contributed by atoms with E-state index in [0.29, 0.717) is 0 Å². The van der Waals surface area contributed by atoms with E-state index in [2.05, 4.69) is 10.1 Å². The predicted molar refractivity (Wildman–Crippen MR) is 55.0 cm³/mol. The summed E-state index contributed by atoms with van der Waals surface area (Å²) in [5.74, 6) is 0. The summed E-state index contributed by atoms with van der Waals surface area (Å²) in [6.45, 7) is 1.95. The fourth-order valence-corrected chi connectivity index (χ4v) is 2.00. The monoisotopic (exact) mass is 209 g/mol. The molecule has 0 saturated carbocycles. The molecule has 2 rings (SSSR count). The van der Waals surface area contributed by atoms with Gasteiger partial charge in [-0.2, -0.15) is 5.10 Å². The summed E-state index contributed by atoms with van der Waals surface area (Å²) < 4.78 is 1.80. The van der Waals surface area contributed by atoms with Crippen LogP contribution in [-0.4, -0.2) is 19.9 Å². The van der Waals surface area contributed by atoms with Crippen LogP contribution in [-0.2, 0) is 13.7 Å². The topological polar surface area (TPSA) is 50.9 Å². The van der Waals surface area contributed by atoms with Crippen LogP contribution >= 0.6 is 11.3 Å². The molecule has 74 valence electrons. The number of hydrogen-bond acceptors (Lipinski definition) is 4. The number of nitrogens with zero attached hydrogens (tertiary/aromatic N) is 3. The third-order valence-corrected chi connectivity index (χ3v) is 2.78. The first kappa shape index (κ1) is 9.36. The predicted octanol–water partition coefficient (Wildman–Crippen LogP) is 1.34. The highest BCUT2D eigenvalue weighted by Gasteiger charge is 2.08. The molecule has 2 heterocycles. The Kier molecular flexibility index (Phi) is 2.35. The van der Waals surface area contributed by atoms with Gasteiger partial charge in [-0.15, -0.1) is 11.3 Å². The van der Waals surface area contributed by atoms with Crippen LogP contribution < -0.4 is 0 Å². The van der Waals surface area contributed by atoms with E-state index in [1.807, 2.05) is 25.4 Å². The summed E-state index contributed by atoms with van der Waals surface area (Å²) in [4.78, 5) is 4.28. The molecular weight excluding hydrogens is 198 g/mol. The molecule has 0 amide bonds. The summed E-state index contributed by atoms with van der Waals surface area (Å²) in [6.07, 6.45) is 0. The molecule has 14 heavy (non-hydrogen) atoms. The molecule has 0 bridgehead atoms. The van der Waals surface area contributed by atoms with Crippen molar-refractivity contribution < 1.29 is 5.11 Å². The van der Waals surface area contributed by atoms with Crippen molar-refractivity contribution in [1.82, 2.24) is 14.8 Å². The molecule has 1 N–H and O–H groups in total. The number of thiazole rings is 1. The highest BCUT2D eigenvalue weighted by atomic mass is 32.1. The highest BCUT2D eigenvalue weighted by Crippen LogP contribution is 2.21. The molecule has 0 aliphatic carbocycles. The lowest BCUT2D eigenvalue weighted by Crippen LogP contribution is -1.94. The number of rotatable bonds is 2. The molecule has 2 aromatic rings. The summed E-state index contributed by atoms with van der Waals surface area (Å²) in [7, 11) is 1.89. The number of aliphatic hydroxyl groups is 1. The minimum Gasteiger partial charge on any atom is -0.389 e. The zero-order valence-electron chi connectivity index (χ0n) is 8.06. The van der Waals surface area contributed by atoms with E-state index < -0.39 is 0 Å². The van der Waals surface area contributed by atoms with Crippen LogP contribution in [0.2, 0.25) is 0 Å². The van der Waals surface area contributed by atoms with Crippen molar-refractivity contribution in [2.45, 2.75) is 13.5 Å². The summed E-state index contributed by atoms with van der Waals surface area (Å²) >= 11 is 1.46. The van der Waals surface area contributed by atoms with Gasteiger partial charge in [-0.1, -0.05) is 0 Å². The lowest BCUT2D eigenvalue weighted by Gasteiger charge is -1.95. The molecule has 0 aromatic carbocycles. The van der Waals surface area contributed by atoms with E-state index >= 15 is 0 Å². The van der Waals surface area contributed by atoms with Gasteiger partial charge in [0, 0.05) is 12.4 Å². The van der Waals surface area contributed by atoms with Crippen molar-refractivity contribution in [3.05, 3.63) is 22.1 Å². The van der Waals surface area contributed by atoms with Gasteiger partial charge in [0.1, 0.15) is 5.01 Å². The smallest absolute Gasteiger partial charge is 0.119 e. The van der Waals surface area contributed by atoms with Crippen molar-refractivity contribution >= 4 is 11.3 Å². The third kappa shape index (κ3) is 1.56. The second kappa shape index (κ2) is 3.51. The van der Waals surface area contributed by atoms with E-state index in [0.717, 1.165) is 22.1 Å². The zero-order chi connectivity index (χ0) is 10.1. The average Bonchev–Trinajstić information content (AvgIpc) is 2.71. The Hall–Kier alpha value is -1.20. The zero-order valence-corrected chi connectivity index (χ0v) is 8.88. The van der Waals surface area contributed by atoms with E-state index in [9.17, 15) is 0 Å². The van der Waals surface area contributed by atoms with Gasteiger partial charge in [0.25, 0.3) is 0 Å². The van der Waals surface area contributed by atoms with Gasteiger partial charge >= 0.3 is 0 Å². The molecule has 4 nitrogen and oxygen atoms in total. The fraction of sp³-hybridized carbons (Fsp3) is 0.333. The minimum absolute atomic E-state index is 0.00149. The van der Waals surface area contributed by atoms with Crippen molar-refractivity contribution in [2.75, 3.05) is 0 Å². The van der Waals surface area contributed by atoms with Crippen LogP contribution in [0.15, 0.2) is 11.4 Å². The lowest BCUT2D eigenvalue weighted by molar-refractivity contribution is 0.281. The van der Waals surface area contributed by atoms with E-state index in [1.165, 1.54) is 11.3 Å². The molecule has 0 atom stereocenters. The number of aryl methyl sites for hydroxylation is 2. The van der Waals surface area contributed by atoms with Gasteiger partial charge in [-0.3, -0.25) is 4.68 Å².